The van der Waals surface area contributed by atoms with Gasteiger partial charge in [0, 0.05) is 6.20 Å². The Hall–Kier alpha value is -2.83. The van der Waals surface area contributed by atoms with Gasteiger partial charge in [0.05, 0.1) is 24.5 Å². The number of nitrogens with zero attached hydrogens (tertiary/aromatic N) is 3. The Morgan fingerprint density at radius 1 is 1.33 bits per heavy atom. The van der Waals surface area contributed by atoms with E-state index in [1.54, 1.807) is 23.6 Å². The molecule has 1 aromatic carbocycles. The Balaban J connectivity index is 2.11. The summed E-state index contributed by atoms with van der Waals surface area (Å²) < 4.78 is 6.73. The molecule has 3 rings (SSSR count). The number of imidazole rings is 1. The van der Waals surface area contributed by atoms with Crippen LogP contribution in [0.5, 0.6) is 0 Å². The van der Waals surface area contributed by atoms with Crippen LogP contribution >= 0.6 is 0 Å². The summed E-state index contributed by atoms with van der Waals surface area (Å²) in [5.74, 6) is -0.615. The highest BCUT2D eigenvalue weighted by Gasteiger charge is 2.29. The van der Waals surface area contributed by atoms with E-state index in [9.17, 15) is 9.59 Å². The van der Waals surface area contributed by atoms with Gasteiger partial charge in [-0.05, 0) is 19.1 Å². The molecule has 1 amide bonds. The average Bonchev–Trinajstić information content (AvgIpc) is 2.91. The number of ether oxygens (including phenoxy) is 1. The number of carbonyl (C=O) groups excluding carboxylic acids is 1. The van der Waals surface area contributed by atoms with Crippen LogP contribution in [0.2, 0.25) is 0 Å². The number of carboxylic acid groups (broad SMARTS) is 1. The number of benzene rings is 1. The minimum atomic E-state index is -1.10. The molecule has 1 aliphatic rings. The second-order valence-corrected chi connectivity index (χ2v) is 4.49. The summed E-state index contributed by atoms with van der Waals surface area (Å²) in [5.41, 5.74) is 1.31. The van der Waals surface area contributed by atoms with Crippen molar-refractivity contribution in [2.24, 2.45) is 0 Å². The monoisotopic (exact) mass is 287 g/mol. The second kappa shape index (κ2) is 4.93. The Morgan fingerprint density at radius 2 is 2.05 bits per heavy atom. The summed E-state index contributed by atoms with van der Waals surface area (Å²) in [6.07, 6.45) is 0.981. The Bertz CT molecular complexity index is 723. The number of para-hydroxylation sites is 2. The van der Waals surface area contributed by atoms with Gasteiger partial charge < -0.3 is 9.84 Å². The molecule has 21 heavy (non-hydrogen) atoms. The van der Waals surface area contributed by atoms with Crippen molar-refractivity contribution in [3.8, 4) is 5.69 Å². The molecule has 0 spiro atoms. The molecule has 0 atom stereocenters. The lowest BCUT2D eigenvalue weighted by atomic mass is 10.2. The third-order valence-corrected chi connectivity index (χ3v) is 3.22. The van der Waals surface area contributed by atoms with Crippen LogP contribution in [0.15, 0.2) is 30.5 Å². The van der Waals surface area contributed by atoms with Crippen molar-refractivity contribution in [1.82, 2.24) is 9.55 Å². The maximum Gasteiger partial charge on any atom is 0.414 e. The summed E-state index contributed by atoms with van der Waals surface area (Å²) in [6, 6.07) is 7.22. The van der Waals surface area contributed by atoms with Gasteiger partial charge in [0.15, 0.2) is 5.69 Å². The summed E-state index contributed by atoms with van der Waals surface area (Å²) in [4.78, 5) is 28.6. The first-order chi connectivity index (χ1) is 10.1. The lowest BCUT2D eigenvalue weighted by molar-refractivity contribution is 0.0691. The van der Waals surface area contributed by atoms with Gasteiger partial charge >= 0.3 is 12.1 Å². The zero-order chi connectivity index (χ0) is 15.0. The van der Waals surface area contributed by atoms with E-state index in [1.807, 2.05) is 12.1 Å². The van der Waals surface area contributed by atoms with Gasteiger partial charge in [-0.3, -0.25) is 9.47 Å². The molecule has 2 heterocycles. The lowest BCUT2D eigenvalue weighted by Gasteiger charge is -2.29. The number of hydrogen-bond donors (Lipinski definition) is 1. The van der Waals surface area contributed by atoms with E-state index in [-0.39, 0.29) is 18.8 Å². The normalized spacial score (nSPS) is 12.5. The first-order valence-electron chi connectivity index (χ1n) is 6.47. The van der Waals surface area contributed by atoms with Gasteiger partial charge in [-0.15, -0.1) is 0 Å². The standard InChI is InChI=1S/C14H13N3O4/c1-2-21-14(20)17-8-12-15-9(13(18)19)7-16(12)10-5-3-4-6-11(10)17/h3-7H,2,8H2,1H3,(H,18,19). The Labute approximate surface area is 120 Å². The quantitative estimate of drug-likeness (QED) is 0.913. The summed E-state index contributed by atoms with van der Waals surface area (Å²) in [7, 11) is 0. The zero-order valence-corrected chi connectivity index (χ0v) is 11.3. The van der Waals surface area contributed by atoms with E-state index in [4.69, 9.17) is 9.84 Å². The van der Waals surface area contributed by atoms with E-state index in [0.717, 1.165) is 0 Å². The van der Waals surface area contributed by atoms with Gasteiger partial charge in [-0.2, -0.15) is 0 Å². The largest absolute Gasteiger partial charge is 0.476 e. The van der Waals surface area contributed by atoms with Crippen LogP contribution in [0.4, 0.5) is 10.5 Å². The molecule has 0 bridgehead atoms. The molecule has 7 nitrogen and oxygen atoms in total. The van der Waals surface area contributed by atoms with Gasteiger partial charge in [-0.1, -0.05) is 12.1 Å². The molecule has 1 N–H and O–H groups in total. The number of rotatable bonds is 2. The second-order valence-electron chi connectivity index (χ2n) is 4.49. The minimum absolute atomic E-state index is 0.0505. The summed E-state index contributed by atoms with van der Waals surface area (Å²) in [6.45, 7) is 2.17. The van der Waals surface area contributed by atoms with Crippen molar-refractivity contribution >= 4 is 17.7 Å². The summed E-state index contributed by atoms with van der Waals surface area (Å²) >= 11 is 0. The topological polar surface area (TPSA) is 84.7 Å². The molecule has 0 aliphatic carbocycles. The Kier molecular flexibility index (Phi) is 3.09. The van der Waals surface area contributed by atoms with Crippen LogP contribution in [0.1, 0.15) is 23.2 Å². The lowest BCUT2D eigenvalue weighted by Crippen LogP contribution is -2.35. The van der Waals surface area contributed by atoms with Crippen molar-refractivity contribution in [2.45, 2.75) is 13.5 Å². The third-order valence-electron chi connectivity index (χ3n) is 3.22. The fraction of sp³-hybridized carbons (Fsp3) is 0.214. The SMILES string of the molecule is CCOC(=O)N1Cc2nc(C(=O)O)cn2-c2ccccc21. The van der Waals surface area contributed by atoms with Crippen molar-refractivity contribution in [3.05, 3.63) is 42.0 Å². The van der Waals surface area contributed by atoms with Crippen molar-refractivity contribution in [1.29, 1.82) is 0 Å². The molecule has 1 aromatic heterocycles. The number of anilines is 1. The molecule has 0 saturated carbocycles. The smallest absolute Gasteiger partial charge is 0.414 e. The van der Waals surface area contributed by atoms with E-state index in [1.165, 1.54) is 11.1 Å². The fourth-order valence-electron chi connectivity index (χ4n) is 2.33. The Morgan fingerprint density at radius 3 is 2.71 bits per heavy atom. The molecule has 0 fully saturated rings. The number of amides is 1. The zero-order valence-electron chi connectivity index (χ0n) is 11.3. The average molecular weight is 287 g/mol. The molecule has 7 heteroatoms. The number of aromatic carboxylic acids is 1. The molecule has 2 aromatic rings. The van der Waals surface area contributed by atoms with Gasteiger partial charge in [-0.25, -0.2) is 14.6 Å². The maximum atomic E-state index is 12.1. The van der Waals surface area contributed by atoms with E-state index in [2.05, 4.69) is 4.98 Å². The summed E-state index contributed by atoms with van der Waals surface area (Å²) in [5, 5.41) is 9.06. The fourth-order valence-corrected chi connectivity index (χ4v) is 2.33. The number of fused-ring (bicyclic) bond motifs is 3. The number of carboxylic acids is 1. The van der Waals surface area contributed by atoms with Gasteiger partial charge in [0.1, 0.15) is 5.82 Å². The van der Waals surface area contributed by atoms with Crippen LogP contribution in [0.3, 0.4) is 0 Å². The number of hydrogen-bond acceptors (Lipinski definition) is 4. The predicted molar refractivity (Wildman–Crippen MR) is 73.7 cm³/mol. The highest BCUT2D eigenvalue weighted by Crippen LogP contribution is 2.32. The minimum Gasteiger partial charge on any atom is -0.476 e. The third kappa shape index (κ3) is 2.12. The van der Waals surface area contributed by atoms with Crippen LogP contribution < -0.4 is 4.90 Å². The van der Waals surface area contributed by atoms with Crippen molar-refractivity contribution in [3.63, 3.8) is 0 Å². The van der Waals surface area contributed by atoms with Crippen LogP contribution in [0.25, 0.3) is 5.69 Å². The molecular formula is C14H13N3O4. The van der Waals surface area contributed by atoms with Gasteiger partial charge in [0.2, 0.25) is 0 Å². The first kappa shape index (κ1) is 13.2. The first-order valence-corrected chi connectivity index (χ1v) is 6.47. The van der Waals surface area contributed by atoms with Crippen LogP contribution in [-0.4, -0.2) is 33.3 Å². The van der Waals surface area contributed by atoms with Crippen molar-refractivity contribution in [2.75, 3.05) is 11.5 Å². The molecule has 0 unspecified atom stereocenters. The molecular weight excluding hydrogens is 274 g/mol. The van der Waals surface area contributed by atoms with E-state index in [0.29, 0.717) is 17.2 Å². The van der Waals surface area contributed by atoms with Crippen molar-refractivity contribution < 1.29 is 19.4 Å². The highest BCUT2D eigenvalue weighted by atomic mass is 16.6. The van der Waals surface area contributed by atoms with Crippen LogP contribution in [0, 0.1) is 0 Å². The highest BCUT2D eigenvalue weighted by molar-refractivity contribution is 5.92. The van der Waals surface area contributed by atoms with Crippen LogP contribution in [-0.2, 0) is 11.3 Å². The van der Waals surface area contributed by atoms with E-state index < -0.39 is 12.1 Å². The van der Waals surface area contributed by atoms with Gasteiger partial charge in [0.25, 0.3) is 0 Å². The van der Waals surface area contributed by atoms with E-state index >= 15 is 0 Å². The molecule has 108 valence electrons. The predicted octanol–water partition coefficient (Wildman–Crippen LogP) is 2.05. The number of carbonyl (C=O) groups is 2. The molecule has 0 radical (unpaired) electrons. The molecule has 0 saturated heterocycles. The maximum absolute atomic E-state index is 12.1. The molecule has 1 aliphatic heterocycles. The number of aromatic nitrogens is 2.